The molecule has 0 aliphatic heterocycles. The van der Waals surface area contributed by atoms with Crippen molar-refractivity contribution < 1.29 is 37.6 Å². The van der Waals surface area contributed by atoms with Gasteiger partial charge in [-0.25, -0.2) is 4.57 Å². The van der Waals surface area contributed by atoms with Gasteiger partial charge < -0.3 is 20.1 Å². The molecule has 0 aromatic heterocycles. The zero-order chi connectivity index (χ0) is 43.2. The van der Waals surface area contributed by atoms with E-state index in [0.29, 0.717) is 6.42 Å². The van der Waals surface area contributed by atoms with Crippen LogP contribution in [0.5, 0.6) is 0 Å². The van der Waals surface area contributed by atoms with Gasteiger partial charge in [0.2, 0.25) is 0 Å². The van der Waals surface area contributed by atoms with E-state index in [-0.39, 0.29) is 38.6 Å². The highest BCUT2D eigenvalue weighted by Crippen LogP contribution is 2.43. The Labute approximate surface area is 361 Å². The lowest BCUT2D eigenvalue weighted by atomic mass is 10.0. The minimum Gasteiger partial charge on any atom is -0.462 e. The maximum atomic E-state index is 12.6. The Morgan fingerprint density at radius 3 is 1.41 bits per heavy atom. The summed E-state index contributed by atoms with van der Waals surface area (Å²) >= 11 is 0. The molecule has 0 bridgehead atoms. The van der Waals surface area contributed by atoms with Gasteiger partial charge in [0, 0.05) is 19.4 Å². The highest BCUT2D eigenvalue weighted by Gasteiger charge is 2.26. The van der Waals surface area contributed by atoms with Crippen LogP contribution in [0.2, 0.25) is 0 Å². The predicted molar refractivity (Wildman–Crippen MR) is 247 cm³/mol. The van der Waals surface area contributed by atoms with Gasteiger partial charge in [0.25, 0.3) is 0 Å². The van der Waals surface area contributed by atoms with Crippen LogP contribution >= 0.6 is 7.82 Å². The molecule has 1 unspecified atom stereocenters. The molecule has 2 atom stereocenters. The largest absolute Gasteiger partial charge is 0.472 e. The lowest BCUT2D eigenvalue weighted by Gasteiger charge is -2.19. The highest BCUT2D eigenvalue weighted by molar-refractivity contribution is 7.47. The first-order chi connectivity index (χ1) is 28.8. The molecule has 0 amide bonds. The summed E-state index contributed by atoms with van der Waals surface area (Å²) in [6.07, 6.45) is 54.0. The fourth-order valence-corrected chi connectivity index (χ4v) is 7.15. The molecule has 3 N–H and O–H groups in total. The number of rotatable bonds is 44. The Morgan fingerprint density at radius 2 is 0.932 bits per heavy atom. The number of allylic oxidation sites excluding steroid dienone is 10. The Bertz CT molecular complexity index is 1150. The molecule has 0 aromatic carbocycles. The summed E-state index contributed by atoms with van der Waals surface area (Å²) in [6.45, 7) is 3.59. The molecule has 342 valence electrons. The van der Waals surface area contributed by atoms with Crippen LogP contribution in [-0.4, -0.2) is 49.3 Å². The fraction of sp³-hybridized carbons (Fsp3) is 0.755. The van der Waals surface area contributed by atoms with Crippen molar-refractivity contribution in [1.82, 2.24) is 0 Å². The number of ether oxygens (including phenoxy) is 2. The van der Waals surface area contributed by atoms with E-state index in [0.717, 1.165) is 70.6 Å². The minimum absolute atomic E-state index is 0.0469. The summed E-state index contributed by atoms with van der Waals surface area (Å²) in [5.74, 6) is -0.856. The molecule has 0 fully saturated rings. The van der Waals surface area contributed by atoms with Crippen molar-refractivity contribution in [2.24, 2.45) is 5.73 Å². The molecule has 0 saturated carbocycles. The van der Waals surface area contributed by atoms with Crippen LogP contribution in [0.15, 0.2) is 60.8 Å². The lowest BCUT2D eigenvalue weighted by Crippen LogP contribution is -2.29. The molecule has 0 aliphatic rings. The van der Waals surface area contributed by atoms with Crippen molar-refractivity contribution in [2.75, 3.05) is 26.4 Å². The zero-order valence-electron chi connectivity index (χ0n) is 37.7. The van der Waals surface area contributed by atoms with Crippen LogP contribution in [0, 0.1) is 0 Å². The van der Waals surface area contributed by atoms with Crippen molar-refractivity contribution in [2.45, 2.75) is 213 Å². The first kappa shape index (κ1) is 56.7. The van der Waals surface area contributed by atoms with Gasteiger partial charge >= 0.3 is 19.8 Å². The standard InChI is InChI=1S/C49H88NO8P/c1-3-5-7-9-11-13-15-17-19-21-22-23-24-26-27-29-31-33-35-37-39-41-48(51)55-45-47(46-57-59(53,54)56-44-43-50)58-49(52)42-40-38-36-34-32-30-28-25-20-18-16-14-12-10-8-6-4-2/h6,8,12,14,17-20,28,30,47H,3-5,7,9-11,13,15-16,21-27,29,31-46,50H2,1-2H3,(H,53,54)/t47-/m1/s1. The molecule has 0 spiro atoms. The topological polar surface area (TPSA) is 134 Å². The second-order valence-corrected chi connectivity index (χ2v) is 17.0. The third kappa shape index (κ3) is 45.1. The van der Waals surface area contributed by atoms with E-state index in [1.54, 1.807) is 0 Å². The van der Waals surface area contributed by atoms with E-state index >= 15 is 0 Å². The molecule has 9 nitrogen and oxygen atoms in total. The van der Waals surface area contributed by atoms with Gasteiger partial charge in [0.15, 0.2) is 6.10 Å². The van der Waals surface area contributed by atoms with Crippen molar-refractivity contribution in [3.63, 3.8) is 0 Å². The SMILES string of the molecule is CCC=CCC=CCC=CCC=CCCCCCCC(=O)O[C@H](COC(=O)CCCCCCCCCCCCCC=CCCCCCCCC)COP(=O)(O)OCCN. The monoisotopic (exact) mass is 850 g/mol. The van der Waals surface area contributed by atoms with Gasteiger partial charge in [-0.05, 0) is 77.0 Å². The van der Waals surface area contributed by atoms with Crippen molar-refractivity contribution in [3.8, 4) is 0 Å². The van der Waals surface area contributed by atoms with E-state index in [4.69, 9.17) is 24.3 Å². The summed E-state index contributed by atoms with van der Waals surface area (Å²) < 4.78 is 32.8. The number of phosphoric acid groups is 1. The van der Waals surface area contributed by atoms with Crippen LogP contribution in [0.25, 0.3) is 0 Å². The van der Waals surface area contributed by atoms with E-state index in [1.807, 2.05) is 0 Å². The van der Waals surface area contributed by atoms with E-state index in [2.05, 4.69) is 74.6 Å². The maximum Gasteiger partial charge on any atom is 0.472 e. The molecule has 0 aliphatic carbocycles. The smallest absolute Gasteiger partial charge is 0.462 e. The van der Waals surface area contributed by atoms with E-state index < -0.39 is 26.5 Å². The summed E-state index contributed by atoms with van der Waals surface area (Å²) in [7, 11) is -4.39. The van der Waals surface area contributed by atoms with Gasteiger partial charge in [0.1, 0.15) is 6.61 Å². The lowest BCUT2D eigenvalue weighted by molar-refractivity contribution is -0.161. The Kier molecular flexibility index (Phi) is 43.5. The first-order valence-electron chi connectivity index (χ1n) is 23.8. The third-order valence-electron chi connectivity index (χ3n) is 9.89. The number of carbonyl (C=O) groups is 2. The fourth-order valence-electron chi connectivity index (χ4n) is 6.39. The predicted octanol–water partition coefficient (Wildman–Crippen LogP) is 14.1. The number of hydrogen-bond acceptors (Lipinski definition) is 8. The van der Waals surface area contributed by atoms with Crippen LogP contribution in [-0.2, 0) is 32.7 Å². The van der Waals surface area contributed by atoms with Crippen LogP contribution in [0.1, 0.15) is 206 Å². The first-order valence-corrected chi connectivity index (χ1v) is 25.3. The molecular formula is C49H88NO8P. The number of nitrogens with two attached hydrogens (primary N) is 1. The molecule has 0 saturated heterocycles. The molecule has 0 aromatic rings. The molecule has 0 radical (unpaired) electrons. The van der Waals surface area contributed by atoms with E-state index in [1.165, 1.54) is 103 Å². The number of hydrogen-bond donors (Lipinski definition) is 2. The molecule has 0 rings (SSSR count). The van der Waals surface area contributed by atoms with Gasteiger partial charge in [-0.15, -0.1) is 0 Å². The molecule has 0 heterocycles. The van der Waals surface area contributed by atoms with E-state index in [9.17, 15) is 19.0 Å². The molecular weight excluding hydrogens is 762 g/mol. The Hall–Kier alpha value is -2.29. The summed E-state index contributed by atoms with van der Waals surface area (Å²) in [6, 6.07) is 0. The minimum atomic E-state index is -4.39. The Morgan fingerprint density at radius 1 is 0.525 bits per heavy atom. The summed E-state index contributed by atoms with van der Waals surface area (Å²) in [5.41, 5.74) is 5.36. The molecule has 59 heavy (non-hydrogen) atoms. The van der Waals surface area contributed by atoms with Gasteiger partial charge in [-0.1, -0.05) is 177 Å². The van der Waals surface area contributed by atoms with Crippen LogP contribution in [0.3, 0.4) is 0 Å². The number of esters is 2. The van der Waals surface area contributed by atoms with Crippen molar-refractivity contribution in [1.29, 1.82) is 0 Å². The average molecular weight is 850 g/mol. The summed E-state index contributed by atoms with van der Waals surface area (Å²) in [5, 5.41) is 0. The number of unbranched alkanes of at least 4 members (excludes halogenated alkanes) is 21. The average Bonchev–Trinajstić information content (AvgIpc) is 3.22. The third-order valence-corrected chi connectivity index (χ3v) is 10.9. The van der Waals surface area contributed by atoms with Crippen LogP contribution in [0.4, 0.5) is 0 Å². The number of phosphoric ester groups is 1. The normalized spacial score (nSPS) is 13.8. The van der Waals surface area contributed by atoms with Crippen molar-refractivity contribution >= 4 is 19.8 Å². The quantitative estimate of drug-likeness (QED) is 0.0266. The highest BCUT2D eigenvalue weighted by atomic mass is 31.2. The molecule has 10 heteroatoms. The van der Waals surface area contributed by atoms with Crippen LogP contribution < -0.4 is 5.73 Å². The Balaban J connectivity index is 4.11. The second kappa shape index (κ2) is 45.2. The van der Waals surface area contributed by atoms with Gasteiger partial charge in [-0.3, -0.25) is 18.6 Å². The van der Waals surface area contributed by atoms with Gasteiger partial charge in [-0.2, -0.15) is 0 Å². The maximum absolute atomic E-state index is 12.6. The zero-order valence-corrected chi connectivity index (χ0v) is 38.6. The van der Waals surface area contributed by atoms with Gasteiger partial charge in [0.05, 0.1) is 13.2 Å². The number of carbonyl (C=O) groups excluding carboxylic acids is 2. The summed E-state index contributed by atoms with van der Waals surface area (Å²) in [4.78, 5) is 35.0. The van der Waals surface area contributed by atoms with Crippen molar-refractivity contribution in [3.05, 3.63) is 60.8 Å². The second-order valence-electron chi connectivity index (χ2n) is 15.6.